The minimum absolute atomic E-state index is 0.799. The van der Waals surface area contributed by atoms with Crippen molar-refractivity contribution >= 4 is 5.82 Å². The maximum Gasteiger partial charge on any atom is 0.151 e. The van der Waals surface area contributed by atoms with E-state index in [2.05, 4.69) is 65.4 Å². The molecule has 1 aromatic heterocycles. The molecule has 1 rings (SSSR count). The first-order valence-corrected chi connectivity index (χ1v) is 7.60. The Kier molecular flexibility index (Phi) is 8.14. The van der Waals surface area contributed by atoms with Crippen molar-refractivity contribution < 1.29 is 0 Å². The van der Waals surface area contributed by atoms with Gasteiger partial charge in [0.2, 0.25) is 0 Å². The van der Waals surface area contributed by atoms with Gasteiger partial charge in [-0.2, -0.15) is 5.10 Å². The van der Waals surface area contributed by atoms with Crippen LogP contribution in [0.1, 0.15) is 32.4 Å². The Morgan fingerprint density at radius 1 is 1.10 bits per heavy atom. The Morgan fingerprint density at radius 2 is 1.90 bits per heavy atom. The van der Waals surface area contributed by atoms with E-state index in [9.17, 15) is 0 Å². The smallest absolute Gasteiger partial charge is 0.151 e. The lowest BCUT2D eigenvalue weighted by Crippen LogP contribution is -2.28. The Morgan fingerprint density at radius 3 is 2.45 bits per heavy atom. The fourth-order valence-corrected chi connectivity index (χ4v) is 2.02. The normalized spacial score (nSPS) is 11.1. The molecule has 1 N–H and O–H groups in total. The number of nitrogens with one attached hydrogen (secondary N) is 1. The van der Waals surface area contributed by atoms with Crippen LogP contribution in [0, 0.1) is 0 Å². The summed E-state index contributed by atoms with van der Waals surface area (Å²) >= 11 is 0. The largest absolute Gasteiger partial charge is 0.355 e. The van der Waals surface area contributed by atoms with Gasteiger partial charge in [0.25, 0.3) is 0 Å². The van der Waals surface area contributed by atoms with E-state index in [-0.39, 0.29) is 0 Å². The molecule has 0 saturated heterocycles. The van der Waals surface area contributed by atoms with Crippen molar-refractivity contribution in [1.29, 1.82) is 0 Å². The predicted octanol–water partition coefficient (Wildman–Crippen LogP) is 1.75. The van der Waals surface area contributed by atoms with Crippen LogP contribution in [0.4, 0.5) is 5.82 Å². The fraction of sp³-hybridized carbons (Fsp3) is 0.733. The van der Waals surface area contributed by atoms with E-state index < -0.39 is 0 Å². The maximum absolute atomic E-state index is 4.35. The van der Waals surface area contributed by atoms with Crippen molar-refractivity contribution in [2.45, 2.75) is 33.2 Å². The molecular formula is C15H29N5. The molecule has 0 amide bonds. The van der Waals surface area contributed by atoms with Crippen LogP contribution in [0.15, 0.2) is 12.1 Å². The van der Waals surface area contributed by atoms with E-state index in [0.717, 1.165) is 57.1 Å². The van der Waals surface area contributed by atoms with Gasteiger partial charge in [-0.15, -0.1) is 5.10 Å². The van der Waals surface area contributed by atoms with Crippen molar-refractivity contribution in [3.63, 3.8) is 0 Å². The average molecular weight is 279 g/mol. The molecular weight excluding hydrogens is 250 g/mol. The number of rotatable bonds is 10. The highest BCUT2D eigenvalue weighted by Crippen LogP contribution is 2.10. The van der Waals surface area contributed by atoms with E-state index in [0.29, 0.717) is 0 Å². The van der Waals surface area contributed by atoms with Crippen LogP contribution in [0.25, 0.3) is 0 Å². The lowest BCUT2D eigenvalue weighted by atomic mass is 10.3. The van der Waals surface area contributed by atoms with Gasteiger partial charge in [0.1, 0.15) is 0 Å². The molecule has 0 aromatic carbocycles. The summed E-state index contributed by atoms with van der Waals surface area (Å²) in [5.74, 6) is 0.977. The molecule has 0 aliphatic carbocycles. The Hall–Kier alpha value is -1.20. The molecule has 1 aromatic rings. The second kappa shape index (κ2) is 9.66. The van der Waals surface area contributed by atoms with Crippen LogP contribution < -0.4 is 10.2 Å². The first-order valence-electron chi connectivity index (χ1n) is 7.60. The van der Waals surface area contributed by atoms with E-state index in [1.165, 1.54) is 0 Å². The number of hydrogen-bond acceptors (Lipinski definition) is 5. The second-order valence-electron chi connectivity index (χ2n) is 5.30. The van der Waals surface area contributed by atoms with Crippen LogP contribution >= 0.6 is 0 Å². The molecule has 0 bridgehead atoms. The van der Waals surface area contributed by atoms with Crippen LogP contribution in [0.3, 0.4) is 0 Å². The molecule has 0 aliphatic rings. The molecule has 5 heteroatoms. The summed E-state index contributed by atoms with van der Waals surface area (Å²) in [7, 11) is 4.21. The Labute approximate surface area is 123 Å². The fourth-order valence-electron chi connectivity index (χ4n) is 2.02. The minimum atomic E-state index is 0.799. The monoisotopic (exact) mass is 279 g/mol. The molecule has 0 saturated carbocycles. The zero-order valence-electron chi connectivity index (χ0n) is 13.4. The lowest BCUT2D eigenvalue weighted by Gasteiger charge is -2.22. The van der Waals surface area contributed by atoms with Gasteiger partial charge in [-0.1, -0.05) is 6.92 Å². The summed E-state index contributed by atoms with van der Waals surface area (Å²) in [6.07, 6.45) is 2.28. The predicted molar refractivity (Wildman–Crippen MR) is 85.1 cm³/mol. The van der Waals surface area contributed by atoms with Crippen LogP contribution in [-0.4, -0.2) is 55.4 Å². The van der Waals surface area contributed by atoms with Gasteiger partial charge < -0.3 is 15.1 Å². The summed E-state index contributed by atoms with van der Waals surface area (Å²) in [6.45, 7) is 9.24. The summed E-state index contributed by atoms with van der Waals surface area (Å²) in [5.41, 5.74) is 1.01. The molecule has 0 atom stereocenters. The number of anilines is 1. The van der Waals surface area contributed by atoms with Crippen LogP contribution in [0.5, 0.6) is 0 Å². The van der Waals surface area contributed by atoms with E-state index in [1.54, 1.807) is 0 Å². The van der Waals surface area contributed by atoms with Gasteiger partial charge in [-0.05, 0) is 59.1 Å². The molecule has 1 heterocycles. The van der Waals surface area contributed by atoms with E-state index in [1.807, 2.05) is 0 Å². The molecule has 0 unspecified atom stereocenters. The highest BCUT2D eigenvalue weighted by atomic mass is 15.3. The Bertz CT molecular complexity index is 350. The van der Waals surface area contributed by atoms with Gasteiger partial charge in [-0.25, -0.2) is 0 Å². The van der Waals surface area contributed by atoms with Crippen molar-refractivity contribution in [3.8, 4) is 0 Å². The number of nitrogens with zero attached hydrogens (tertiary/aromatic N) is 4. The Balaban J connectivity index is 2.47. The highest BCUT2D eigenvalue weighted by molar-refractivity contribution is 5.36. The summed E-state index contributed by atoms with van der Waals surface area (Å²) in [5, 5.41) is 12.0. The third kappa shape index (κ3) is 6.30. The highest BCUT2D eigenvalue weighted by Gasteiger charge is 2.06. The first-order chi connectivity index (χ1) is 9.67. The van der Waals surface area contributed by atoms with Crippen molar-refractivity contribution in [3.05, 3.63) is 17.8 Å². The third-order valence-electron chi connectivity index (χ3n) is 3.18. The average Bonchev–Trinajstić information content (AvgIpc) is 2.45. The SMILES string of the molecule is CCCNCc1ccc(N(CC)CCCN(C)C)nn1. The van der Waals surface area contributed by atoms with Gasteiger partial charge >= 0.3 is 0 Å². The number of aromatic nitrogens is 2. The zero-order valence-corrected chi connectivity index (χ0v) is 13.4. The molecule has 114 valence electrons. The summed E-state index contributed by atoms with van der Waals surface area (Å²) in [6, 6.07) is 4.15. The van der Waals surface area contributed by atoms with Gasteiger partial charge in [0.15, 0.2) is 5.82 Å². The summed E-state index contributed by atoms with van der Waals surface area (Å²) < 4.78 is 0. The molecule has 0 spiro atoms. The standard InChI is InChI=1S/C15H29N5/c1-5-10-16-13-14-8-9-15(18-17-14)20(6-2)12-7-11-19(3)4/h8-9,16H,5-7,10-13H2,1-4H3. The van der Waals surface area contributed by atoms with Gasteiger partial charge in [0, 0.05) is 19.6 Å². The molecule has 5 nitrogen and oxygen atoms in total. The second-order valence-corrected chi connectivity index (χ2v) is 5.30. The quantitative estimate of drug-likeness (QED) is 0.661. The van der Waals surface area contributed by atoms with Crippen molar-refractivity contribution in [2.75, 3.05) is 45.2 Å². The molecule has 0 radical (unpaired) electrons. The zero-order chi connectivity index (χ0) is 14.8. The summed E-state index contributed by atoms with van der Waals surface area (Å²) in [4.78, 5) is 4.49. The molecule has 0 fully saturated rings. The van der Waals surface area contributed by atoms with E-state index in [4.69, 9.17) is 0 Å². The van der Waals surface area contributed by atoms with E-state index >= 15 is 0 Å². The first kappa shape index (κ1) is 16.9. The third-order valence-corrected chi connectivity index (χ3v) is 3.18. The van der Waals surface area contributed by atoms with Crippen LogP contribution in [0.2, 0.25) is 0 Å². The van der Waals surface area contributed by atoms with Crippen molar-refractivity contribution in [2.24, 2.45) is 0 Å². The van der Waals surface area contributed by atoms with Gasteiger partial charge in [-0.3, -0.25) is 0 Å². The number of hydrogen-bond donors (Lipinski definition) is 1. The van der Waals surface area contributed by atoms with Gasteiger partial charge in [0.05, 0.1) is 5.69 Å². The minimum Gasteiger partial charge on any atom is -0.355 e. The topological polar surface area (TPSA) is 44.3 Å². The maximum atomic E-state index is 4.35. The lowest BCUT2D eigenvalue weighted by molar-refractivity contribution is 0.400. The van der Waals surface area contributed by atoms with Crippen LogP contribution in [-0.2, 0) is 6.54 Å². The van der Waals surface area contributed by atoms with Crippen molar-refractivity contribution in [1.82, 2.24) is 20.4 Å². The molecule has 0 aliphatic heterocycles. The molecule has 20 heavy (non-hydrogen) atoms.